The minimum absolute atomic E-state index is 0.297. The van der Waals surface area contributed by atoms with Gasteiger partial charge in [0.05, 0.1) is 5.56 Å². The fourth-order valence-corrected chi connectivity index (χ4v) is 2.41. The molecule has 0 radical (unpaired) electrons. The summed E-state index contributed by atoms with van der Waals surface area (Å²) in [6, 6.07) is 11.6. The molecule has 3 rings (SSSR count). The Morgan fingerprint density at radius 1 is 1.11 bits per heavy atom. The Labute approximate surface area is 118 Å². The lowest BCUT2D eigenvalue weighted by Crippen LogP contribution is -1.89. The van der Waals surface area contributed by atoms with Gasteiger partial charge in [-0.05, 0) is 18.2 Å². The molecule has 0 unspecified atom stereocenters. The average molecular weight is 316 g/mol. The molecule has 2 aromatic heterocycles. The van der Waals surface area contributed by atoms with Gasteiger partial charge < -0.3 is 10.3 Å². The van der Waals surface area contributed by atoms with Crippen LogP contribution >= 0.6 is 15.9 Å². The van der Waals surface area contributed by atoms with Gasteiger partial charge >= 0.3 is 0 Å². The van der Waals surface area contributed by atoms with Gasteiger partial charge in [-0.3, -0.25) is 4.98 Å². The van der Waals surface area contributed by atoms with E-state index in [2.05, 4.69) is 26.1 Å². The molecule has 0 aliphatic carbocycles. The molecule has 5 heteroatoms. The number of aromatic nitrogens is 2. The van der Waals surface area contributed by atoms with E-state index in [0.717, 1.165) is 21.2 Å². The van der Waals surface area contributed by atoms with Crippen LogP contribution < -0.4 is 5.73 Å². The van der Waals surface area contributed by atoms with Gasteiger partial charge in [0.15, 0.2) is 0 Å². The van der Waals surface area contributed by atoms with Crippen LogP contribution in [-0.2, 0) is 0 Å². The second-order valence-corrected chi connectivity index (χ2v) is 4.85. The summed E-state index contributed by atoms with van der Waals surface area (Å²) in [5.41, 5.74) is 9.19. The Balaban J connectivity index is 2.23. The molecule has 0 spiro atoms. The van der Waals surface area contributed by atoms with Gasteiger partial charge in [0.25, 0.3) is 0 Å². The van der Waals surface area contributed by atoms with E-state index in [1.165, 1.54) is 0 Å². The Kier molecular flexibility index (Phi) is 3.05. The second kappa shape index (κ2) is 4.85. The number of pyridine rings is 1. The summed E-state index contributed by atoms with van der Waals surface area (Å²) in [7, 11) is 0. The molecule has 0 bridgehead atoms. The van der Waals surface area contributed by atoms with Crippen molar-refractivity contribution in [2.75, 3.05) is 5.73 Å². The van der Waals surface area contributed by atoms with Crippen LogP contribution in [0.25, 0.3) is 22.4 Å². The molecule has 0 saturated heterocycles. The fraction of sp³-hybridized carbons (Fsp3) is 0. The SMILES string of the molecule is Nc1onc(-c2cccnc2)c1-c1ccccc1Br. The zero-order valence-corrected chi connectivity index (χ0v) is 11.5. The number of rotatable bonds is 2. The Hall–Kier alpha value is -2.14. The van der Waals surface area contributed by atoms with Gasteiger partial charge in [0.2, 0.25) is 5.88 Å². The Bertz CT molecular complexity index is 710. The van der Waals surface area contributed by atoms with Crippen molar-refractivity contribution in [3.63, 3.8) is 0 Å². The summed E-state index contributed by atoms with van der Waals surface area (Å²) < 4.78 is 6.08. The van der Waals surface area contributed by atoms with Gasteiger partial charge in [-0.15, -0.1) is 0 Å². The maximum atomic E-state index is 5.91. The highest BCUT2D eigenvalue weighted by Gasteiger charge is 2.19. The zero-order valence-electron chi connectivity index (χ0n) is 9.88. The minimum Gasteiger partial charge on any atom is -0.367 e. The fourth-order valence-electron chi connectivity index (χ4n) is 1.93. The number of halogens is 1. The van der Waals surface area contributed by atoms with Crippen LogP contribution in [0.3, 0.4) is 0 Å². The molecule has 1 aromatic carbocycles. The zero-order chi connectivity index (χ0) is 13.2. The molecule has 0 saturated carbocycles. The number of benzene rings is 1. The van der Waals surface area contributed by atoms with Crippen LogP contribution in [-0.4, -0.2) is 10.1 Å². The molecule has 4 nitrogen and oxygen atoms in total. The topological polar surface area (TPSA) is 64.9 Å². The molecule has 3 aromatic rings. The summed E-state index contributed by atoms with van der Waals surface area (Å²) in [5.74, 6) is 0.297. The van der Waals surface area contributed by atoms with Crippen molar-refractivity contribution in [1.82, 2.24) is 10.1 Å². The Morgan fingerprint density at radius 3 is 2.68 bits per heavy atom. The summed E-state index contributed by atoms with van der Waals surface area (Å²) >= 11 is 3.52. The first-order valence-electron chi connectivity index (χ1n) is 5.68. The normalized spacial score (nSPS) is 10.6. The monoisotopic (exact) mass is 315 g/mol. The smallest absolute Gasteiger partial charge is 0.230 e. The number of nitrogen functional groups attached to an aromatic ring is 1. The van der Waals surface area contributed by atoms with E-state index in [9.17, 15) is 0 Å². The third-order valence-corrected chi connectivity index (χ3v) is 3.49. The molecule has 0 aliphatic rings. The second-order valence-electron chi connectivity index (χ2n) is 3.99. The molecule has 2 heterocycles. The molecule has 94 valence electrons. The predicted octanol–water partition coefficient (Wildman–Crippen LogP) is 3.75. The number of anilines is 1. The maximum absolute atomic E-state index is 5.91. The van der Waals surface area contributed by atoms with E-state index in [4.69, 9.17) is 10.3 Å². The van der Waals surface area contributed by atoms with E-state index in [-0.39, 0.29) is 0 Å². The van der Waals surface area contributed by atoms with Crippen LogP contribution in [0.15, 0.2) is 57.8 Å². The lowest BCUT2D eigenvalue weighted by atomic mass is 10.0. The summed E-state index contributed by atoms with van der Waals surface area (Å²) in [6.45, 7) is 0. The van der Waals surface area contributed by atoms with Gasteiger partial charge in [-0.25, -0.2) is 0 Å². The van der Waals surface area contributed by atoms with Crippen LogP contribution in [0.1, 0.15) is 0 Å². The van der Waals surface area contributed by atoms with E-state index >= 15 is 0 Å². The van der Waals surface area contributed by atoms with Gasteiger partial charge in [-0.1, -0.05) is 39.3 Å². The van der Waals surface area contributed by atoms with Crippen molar-refractivity contribution in [1.29, 1.82) is 0 Å². The number of hydrogen-bond donors (Lipinski definition) is 1. The van der Waals surface area contributed by atoms with Crippen molar-refractivity contribution in [3.8, 4) is 22.4 Å². The quantitative estimate of drug-likeness (QED) is 0.782. The standard InChI is InChI=1S/C14H10BrN3O/c15-11-6-2-1-5-10(11)12-13(18-19-14(12)16)9-4-3-7-17-8-9/h1-8H,16H2. The first kappa shape index (κ1) is 11.9. The van der Waals surface area contributed by atoms with E-state index in [1.807, 2.05) is 36.4 Å². The lowest BCUT2D eigenvalue weighted by Gasteiger charge is -2.04. The van der Waals surface area contributed by atoms with Crippen molar-refractivity contribution < 1.29 is 4.52 Å². The van der Waals surface area contributed by atoms with Gasteiger partial charge in [-0.2, -0.15) is 0 Å². The average Bonchev–Trinajstić information content (AvgIpc) is 2.82. The molecule has 19 heavy (non-hydrogen) atoms. The summed E-state index contributed by atoms with van der Waals surface area (Å²) in [5, 5.41) is 4.04. The van der Waals surface area contributed by atoms with Crippen LogP contribution in [0.4, 0.5) is 5.88 Å². The third-order valence-electron chi connectivity index (χ3n) is 2.80. The highest BCUT2D eigenvalue weighted by molar-refractivity contribution is 9.10. The van der Waals surface area contributed by atoms with Gasteiger partial charge in [0, 0.05) is 28.0 Å². The van der Waals surface area contributed by atoms with Crippen molar-refractivity contribution in [3.05, 3.63) is 53.3 Å². The highest BCUT2D eigenvalue weighted by atomic mass is 79.9. The first-order chi connectivity index (χ1) is 9.27. The Morgan fingerprint density at radius 2 is 1.95 bits per heavy atom. The van der Waals surface area contributed by atoms with E-state index in [1.54, 1.807) is 12.4 Å². The minimum atomic E-state index is 0.297. The number of hydrogen-bond acceptors (Lipinski definition) is 4. The van der Waals surface area contributed by atoms with E-state index < -0.39 is 0 Å². The molecule has 0 fully saturated rings. The van der Waals surface area contributed by atoms with Crippen molar-refractivity contribution in [2.45, 2.75) is 0 Å². The van der Waals surface area contributed by atoms with Crippen molar-refractivity contribution in [2.24, 2.45) is 0 Å². The van der Waals surface area contributed by atoms with Crippen LogP contribution in [0.5, 0.6) is 0 Å². The molecule has 2 N–H and O–H groups in total. The number of nitrogens with zero attached hydrogens (tertiary/aromatic N) is 2. The van der Waals surface area contributed by atoms with Gasteiger partial charge in [0.1, 0.15) is 5.69 Å². The van der Waals surface area contributed by atoms with Crippen LogP contribution in [0.2, 0.25) is 0 Å². The molecular formula is C14H10BrN3O. The number of nitrogens with two attached hydrogens (primary N) is 1. The molecule has 0 atom stereocenters. The van der Waals surface area contributed by atoms with Crippen molar-refractivity contribution >= 4 is 21.8 Å². The molecule has 0 aliphatic heterocycles. The van der Waals surface area contributed by atoms with E-state index in [0.29, 0.717) is 11.6 Å². The first-order valence-corrected chi connectivity index (χ1v) is 6.47. The lowest BCUT2D eigenvalue weighted by molar-refractivity contribution is 0.439. The summed E-state index contributed by atoms with van der Waals surface area (Å²) in [4.78, 5) is 4.09. The third kappa shape index (κ3) is 2.13. The van der Waals surface area contributed by atoms with Crippen LogP contribution in [0, 0.1) is 0 Å². The predicted molar refractivity (Wildman–Crippen MR) is 77.3 cm³/mol. The molecule has 0 amide bonds. The highest BCUT2D eigenvalue weighted by Crippen LogP contribution is 2.39. The maximum Gasteiger partial charge on any atom is 0.230 e. The summed E-state index contributed by atoms with van der Waals surface area (Å²) in [6.07, 6.45) is 3.45. The molecular weight excluding hydrogens is 306 g/mol. The largest absolute Gasteiger partial charge is 0.367 e.